The van der Waals surface area contributed by atoms with Crippen LogP contribution in [0.1, 0.15) is 17.3 Å². The average Bonchev–Trinajstić information content (AvgIpc) is 3.12. The van der Waals surface area contributed by atoms with E-state index in [-0.39, 0.29) is 6.17 Å². The molecule has 1 atom stereocenters. The molecule has 0 radical (unpaired) electrons. The topological polar surface area (TPSA) is 40.6 Å². The van der Waals surface area contributed by atoms with Gasteiger partial charge in [-0.25, -0.2) is 4.98 Å². The SMILES string of the molecule is CN1c2c(-c3ccccc3)ccnc2NC1c1ccc(CN2CCOCC2)cc1. The Morgan fingerprint density at radius 1 is 1.00 bits per heavy atom. The molecule has 3 heterocycles. The quantitative estimate of drug-likeness (QED) is 0.730. The Hall–Kier alpha value is -2.89. The zero-order valence-electron chi connectivity index (χ0n) is 16.7. The van der Waals surface area contributed by atoms with Gasteiger partial charge in [0.2, 0.25) is 0 Å². The van der Waals surface area contributed by atoms with Crippen LogP contribution in [0.2, 0.25) is 0 Å². The molecule has 5 rings (SSSR count). The lowest BCUT2D eigenvalue weighted by Crippen LogP contribution is -2.35. The number of nitrogens with one attached hydrogen (secondary N) is 1. The van der Waals surface area contributed by atoms with E-state index in [0.29, 0.717) is 0 Å². The number of anilines is 2. The molecule has 0 bridgehead atoms. The smallest absolute Gasteiger partial charge is 0.152 e. The van der Waals surface area contributed by atoms with E-state index >= 15 is 0 Å². The molecule has 0 aliphatic carbocycles. The number of hydrogen-bond donors (Lipinski definition) is 1. The molecule has 1 saturated heterocycles. The first-order valence-electron chi connectivity index (χ1n) is 10.2. The molecule has 2 aliphatic rings. The minimum atomic E-state index is 0.0831. The van der Waals surface area contributed by atoms with Crippen LogP contribution in [0.4, 0.5) is 11.5 Å². The van der Waals surface area contributed by atoms with Crippen molar-refractivity contribution in [2.75, 3.05) is 43.6 Å². The minimum absolute atomic E-state index is 0.0831. The maximum Gasteiger partial charge on any atom is 0.152 e. The number of morpholine rings is 1. The van der Waals surface area contributed by atoms with Gasteiger partial charge in [0.25, 0.3) is 0 Å². The van der Waals surface area contributed by atoms with Gasteiger partial charge < -0.3 is 15.0 Å². The van der Waals surface area contributed by atoms with Crippen molar-refractivity contribution in [2.45, 2.75) is 12.7 Å². The van der Waals surface area contributed by atoms with E-state index in [4.69, 9.17) is 4.74 Å². The van der Waals surface area contributed by atoms with Crippen LogP contribution in [-0.4, -0.2) is 43.2 Å². The first-order chi connectivity index (χ1) is 14.3. The Bertz CT molecular complexity index is 968. The van der Waals surface area contributed by atoms with Gasteiger partial charge in [0.05, 0.1) is 18.9 Å². The molecule has 1 fully saturated rings. The van der Waals surface area contributed by atoms with Crippen molar-refractivity contribution in [2.24, 2.45) is 0 Å². The summed E-state index contributed by atoms with van der Waals surface area (Å²) in [6.07, 6.45) is 1.97. The van der Waals surface area contributed by atoms with Gasteiger partial charge in [-0.15, -0.1) is 0 Å². The van der Waals surface area contributed by atoms with E-state index in [9.17, 15) is 0 Å². The van der Waals surface area contributed by atoms with Gasteiger partial charge in [-0.05, 0) is 22.8 Å². The van der Waals surface area contributed by atoms with Crippen LogP contribution >= 0.6 is 0 Å². The zero-order chi connectivity index (χ0) is 19.6. The Balaban J connectivity index is 1.37. The summed E-state index contributed by atoms with van der Waals surface area (Å²) in [5.74, 6) is 0.941. The maximum atomic E-state index is 5.45. The molecule has 1 aromatic heterocycles. The molecule has 1 N–H and O–H groups in total. The van der Waals surface area contributed by atoms with Crippen LogP contribution in [-0.2, 0) is 11.3 Å². The molecule has 2 aliphatic heterocycles. The molecule has 0 spiro atoms. The predicted molar refractivity (Wildman–Crippen MR) is 117 cm³/mol. The number of hydrogen-bond acceptors (Lipinski definition) is 5. The van der Waals surface area contributed by atoms with E-state index in [0.717, 1.165) is 44.4 Å². The lowest BCUT2D eigenvalue weighted by Gasteiger charge is -2.27. The summed E-state index contributed by atoms with van der Waals surface area (Å²) in [5, 5.41) is 3.60. The number of benzene rings is 2. The van der Waals surface area contributed by atoms with Crippen molar-refractivity contribution < 1.29 is 4.74 Å². The van der Waals surface area contributed by atoms with Gasteiger partial charge in [0.1, 0.15) is 6.17 Å². The molecular formula is C24H26N4O. The third-order valence-electron chi connectivity index (χ3n) is 5.83. The van der Waals surface area contributed by atoms with Crippen LogP contribution in [0.5, 0.6) is 0 Å². The first-order valence-corrected chi connectivity index (χ1v) is 10.2. The van der Waals surface area contributed by atoms with Gasteiger partial charge in [0, 0.05) is 38.4 Å². The maximum absolute atomic E-state index is 5.45. The van der Waals surface area contributed by atoms with Crippen molar-refractivity contribution >= 4 is 11.5 Å². The third kappa shape index (κ3) is 3.59. The number of ether oxygens (including phenoxy) is 1. The highest BCUT2D eigenvalue weighted by atomic mass is 16.5. The van der Waals surface area contributed by atoms with E-state index in [1.54, 1.807) is 0 Å². The number of fused-ring (bicyclic) bond motifs is 1. The Kier molecular flexibility index (Phi) is 4.92. The molecule has 3 aromatic rings. The van der Waals surface area contributed by atoms with Gasteiger partial charge >= 0.3 is 0 Å². The van der Waals surface area contributed by atoms with Gasteiger partial charge in [-0.1, -0.05) is 54.6 Å². The zero-order valence-corrected chi connectivity index (χ0v) is 16.7. The largest absolute Gasteiger partial charge is 0.379 e. The second-order valence-electron chi connectivity index (χ2n) is 7.71. The normalized spacial score (nSPS) is 19.1. The van der Waals surface area contributed by atoms with Crippen molar-refractivity contribution in [3.05, 3.63) is 78.0 Å². The molecule has 5 heteroatoms. The minimum Gasteiger partial charge on any atom is -0.379 e. The molecule has 2 aromatic carbocycles. The highest BCUT2D eigenvalue weighted by Gasteiger charge is 2.30. The standard InChI is InChI=1S/C24H26N4O/c1-27-22-21(19-5-3-2-4-6-19)11-12-25-23(22)26-24(27)20-9-7-18(8-10-20)17-28-13-15-29-16-14-28/h2-12,24H,13-17H2,1H3,(H,25,26). The third-order valence-corrected chi connectivity index (χ3v) is 5.83. The average molecular weight is 386 g/mol. The number of rotatable bonds is 4. The molecular weight excluding hydrogens is 360 g/mol. The van der Waals surface area contributed by atoms with Gasteiger partial charge in [-0.2, -0.15) is 0 Å². The van der Waals surface area contributed by atoms with Crippen molar-refractivity contribution in [1.82, 2.24) is 9.88 Å². The second-order valence-corrected chi connectivity index (χ2v) is 7.71. The summed E-state index contributed by atoms with van der Waals surface area (Å²) in [5.41, 5.74) is 6.16. The van der Waals surface area contributed by atoms with Crippen LogP contribution < -0.4 is 10.2 Å². The van der Waals surface area contributed by atoms with Crippen LogP contribution in [0, 0.1) is 0 Å². The molecule has 1 unspecified atom stereocenters. The van der Waals surface area contributed by atoms with Crippen LogP contribution in [0.15, 0.2) is 66.9 Å². The fourth-order valence-corrected chi connectivity index (χ4v) is 4.25. The van der Waals surface area contributed by atoms with E-state index in [1.165, 1.54) is 22.3 Å². The molecule has 5 nitrogen and oxygen atoms in total. The van der Waals surface area contributed by atoms with E-state index in [1.807, 2.05) is 12.3 Å². The van der Waals surface area contributed by atoms with Gasteiger partial charge in [-0.3, -0.25) is 4.90 Å². The van der Waals surface area contributed by atoms with E-state index < -0.39 is 0 Å². The summed E-state index contributed by atoms with van der Waals surface area (Å²) in [4.78, 5) is 9.34. The second kappa shape index (κ2) is 7.85. The number of aromatic nitrogens is 1. The predicted octanol–water partition coefficient (Wildman–Crippen LogP) is 4.14. The van der Waals surface area contributed by atoms with Crippen molar-refractivity contribution in [3.63, 3.8) is 0 Å². The lowest BCUT2D eigenvalue weighted by atomic mass is 10.0. The number of nitrogens with zero attached hydrogens (tertiary/aromatic N) is 3. The molecule has 0 saturated carbocycles. The van der Waals surface area contributed by atoms with Crippen LogP contribution in [0.25, 0.3) is 11.1 Å². The van der Waals surface area contributed by atoms with Crippen molar-refractivity contribution in [3.8, 4) is 11.1 Å². The molecule has 29 heavy (non-hydrogen) atoms. The summed E-state index contributed by atoms with van der Waals surface area (Å²) in [6, 6.07) is 21.6. The highest BCUT2D eigenvalue weighted by Crippen LogP contribution is 2.44. The van der Waals surface area contributed by atoms with Crippen LogP contribution in [0.3, 0.4) is 0 Å². The first kappa shape index (κ1) is 18.2. The molecule has 148 valence electrons. The monoisotopic (exact) mass is 386 g/mol. The summed E-state index contributed by atoms with van der Waals surface area (Å²) in [7, 11) is 2.14. The lowest BCUT2D eigenvalue weighted by molar-refractivity contribution is 0.0342. The molecule has 0 amide bonds. The summed E-state index contributed by atoms with van der Waals surface area (Å²) >= 11 is 0. The summed E-state index contributed by atoms with van der Waals surface area (Å²) in [6.45, 7) is 4.68. The fraction of sp³-hybridized carbons (Fsp3) is 0.292. The highest BCUT2D eigenvalue weighted by molar-refractivity contribution is 5.89. The van der Waals surface area contributed by atoms with Crippen molar-refractivity contribution in [1.29, 1.82) is 0 Å². The van der Waals surface area contributed by atoms with Gasteiger partial charge in [0.15, 0.2) is 5.82 Å². The van der Waals surface area contributed by atoms with E-state index in [2.05, 4.69) is 81.7 Å². The fourth-order valence-electron chi connectivity index (χ4n) is 4.25. The summed E-state index contributed by atoms with van der Waals surface area (Å²) < 4.78 is 5.45. The Morgan fingerprint density at radius 3 is 2.52 bits per heavy atom. The Morgan fingerprint density at radius 2 is 1.76 bits per heavy atom. The number of pyridine rings is 1. The Labute approximate surface area is 171 Å².